The monoisotopic (exact) mass is 232 g/mol. The molecule has 0 radical (unpaired) electrons. The Morgan fingerprint density at radius 1 is 1.41 bits per heavy atom. The molecule has 1 rings (SSSR count). The number of aliphatic hydroxyl groups is 1. The van der Waals surface area contributed by atoms with Crippen LogP contribution in [0.1, 0.15) is 11.7 Å². The van der Waals surface area contributed by atoms with Gasteiger partial charge in [-0.3, -0.25) is 10.1 Å². The fraction of sp³-hybridized carbons (Fsp3) is 0.308. The maximum absolute atomic E-state index is 11.3. The van der Waals surface area contributed by atoms with Crippen molar-refractivity contribution in [3.63, 3.8) is 0 Å². The van der Waals surface area contributed by atoms with Gasteiger partial charge in [-0.05, 0) is 5.56 Å². The highest BCUT2D eigenvalue weighted by atomic mass is 16.3. The van der Waals surface area contributed by atoms with Crippen molar-refractivity contribution in [2.45, 2.75) is 6.10 Å². The topological polar surface area (TPSA) is 61.4 Å². The smallest absolute Gasteiger partial charge is 0.234 e. The van der Waals surface area contributed by atoms with Crippen LogP contribution in [-0.4, -0.2) is 30.6 Å². The Kier molecular flexibility index (Phi) is 5.80. The normalized spacial score (nSPS) is 11.5. The van der Waals surface area contributed by atoms with E-state index in [1.54, 1.807) is 0 Å². The Morgan fingerprint density at radius 2 is 2.12 bits per heavy atom. The lowest BCUT2D eigenvalue weighted by molar-refractivity contribution is -0.120. The van der Waals surface area contributed by atoms with Crippen molar-refractivity contribution in [1.82, 2.24) is 10.6 Å². The molecule has 0 heterocycles. The molecule has 0 aliphatic carbocycles. The van der Waals surface area contributed by atoms with Crippen LogP contribution in [0.4, 0.5) is 0 Å². The van der Waals surface area contributed by atoms with Gasteiger partial charge in [0.2, 0.25) is 5.91 Å². The van der Waals surface area contributed by atoms with E-state index in [0.29, 0.717) is 6.54 Å². The molecule has 1 aromatic rings. The lowest BCUT2D eigenvalue weighted by Gasteiger charge is -2.12. The molecule has 3 N–H and O–H groups in total. The summed E-state index contributed by atoms with van der Waals surface area (Å²) < 4.78 is 0. The van der Waals surface area contributed by atoms with Gasteiger partial charge in [-0.25, -0.2) is 0 Å². The molecule has 17 heavy (non-hydrogen) atoms. The molecule has 90 valence electrons. The van der Waals surface area contributed by atoms with Gasteiger partial charge in [0.15, 0.2) is 0 Å². The summed E-state index contributed by atoms with van der Waals surface area (Å²) in [6.07, 6.45) is 4.34. The van der Waals surface area contributed by atoms with E-state index >= 15 is 0 Å². The Hall–Kier alpha value is -1.83. The van der Waals surface area contributed by atoms with Crippen molar-refractivity contribution in [2.24, 2.45) is 0 Å². The van der Waals surface area contributed by atoms with E-state index in [1.807, 2.05) is 30.3 Å². The number of nitrogens with one attached hydrogen (secondary N) is 2. The largest absolute Gasteiger partial charge is 0.387 e. The molecule has 0 fully saturated rings. The van der Waals surface area contributed by atoms with Gasteiger partial charge < -0.3 is 10.4 Å². The van der Waals surface area contributed by atoms with E-state index in [9.17, 15) is 9.90 Å². The number of rotatable bonds is 6. The number of terminal acetylenes is 1. The van der Waals surface area contributed by atoms with Crippen molar-refractivity contribution < 1.29 is 9.90 Å². The summed E-state index contributed by atoms with van der Waals surface area (Å²) in [6.45, 7) is 0.709. The number of amides is 1. The van der Waals surface area contributed by atoms with E-state index in [2.05, 4.69) is 16.6 Å². The number of hydrogen-bond acceptors (Lipinski definition) is 3. The third kappa shape index (κ3) is 5.16. The number of carbonyl (C=O) groups is 1. The molecule has 4 heteroatoms. The lowest BCUT2D eigenvalue weighted by Crippen LogP contribution is -2.36. The van der Waals surface area contributed by atoms with E-state index in [1.165, 1.54) is 0 Å². The Morgan fingerprint density at radius 3 is 2.76 bits per heavy atom. The van der Waals surface area contributed by atoms with Crippen LogP contribution in [0, 0.1) is 12.3 Å². The van der Waals surface area contributed by atoms with Crippen molar-refractivity contribution in [2.75, 3.05) is 19.6 Å². The third-order valence-electron chi connectivity index (χ3n) is 2.19. The summed E-state index contributed by atoms with van der Waals surface area (Å²) in [4.78, 5) is 11.3. The summed E-state index contributed by atoms with van der Waals surface area (Å²) in [5.74, 6) is 2.19. The second-order valence-corrected chi connectivity index (χ2v) is 3.54. The summed E-state index contributed by atoms with van der Waals surface area (Å²) in [5.41, 5.74) is 0.782. The van der Waals surface area contributed by atoms with Gasteiger partial charge >= 0.3 is 0 Å². The van der Waals surface area contributed by atoms with Gasteiger partial charge in [-0.1, -0.05) is 36.3 Å². The molecule has 0 aliphatic rings. The Labute approximate surface area is 101 Å². The van der Waals surface area contributed by atoms with Crippen LogP contribution in [0.5, 0.6) is 0 Å². The third-order valence-corrected chi connectivity index (χ3v) is 2.19. The zero-order valence-electron chi connectivity index (χ0n) is 9.52. The van der Waals surface area contributed by atoms with Gasteiger partial charge in [0.1, 0.15) is 0 Å². The summed E-state index contributed by atoms with van der Waals surface area (Å²) >= 11 is 0. The molecule has 0 saturated heterocycles. The fourth-order valence-corrected chi connectivity index (χ4v) is 1.31. The first kappa shape index (κ1) is 13.2. The lowest BCUT2D eigenvalue weighted by atomic mass is 10.1. The average Bonchev–Trinajstić information content (AvgIpc) is 2.37. The van der Waals surface area contributed by atoms with Gasteiger partial charge in [-0.15, -0.1) is 6.42 Å². The molecule has 0 bridgehead atoms. The molecule has 0 aliphatic heterocycles. The molecular weight excluding hydrogens is 216 g/mol. The average molecular weight is 232 g/mol. The molecule has 1 amide bonds. The van der Waals surface area contributed by atoms with Crippen LogP contribution >= 0.6 is 0 Å². The summed E-state index contributed by atoms with van der Waals surface area (Å²) in [5, 5.41) is 15.2. The first-order chi connectivity index (χ1) is 8.24. The Bertz CT molecular complexity index is 384. The predicted octanol–water partition coefficient (Wildman–Crippen LogP) is 0.0590. The van der Waals surface area contributed by atoms with Crippen LogP contribution in [-0.2, 0) is 4.79 Å². The Balaban J connectivity index is 2.27. The van der Waals surface area contributed by atoms with Gasteiger partial charge in [-0.2, -0.15) is 0 Å². The minimum Gasteiger partial charge on any atom is -0.387 e. The highest BCUT2D eigenvalue weighted by molar-refractivity contribution is 5.78. The summed E-state index contributed by atoms with van der Waals surface area (Å²) in [6, 6.07) is 9.18. The zero-order chi connectivity index (χ0) is 12.5. The van der Waals surface area contributed by atoms with Crippen LogP contribution in [0.3, 0.4) is 0 Å². The number of hydrogen-bond donors (Lipinski definition) is 3. The molecule has 1 atom stereocenters. The van der Waals surface area contributed by atoms with Crippen molar-refractivity contribution in [3.05, 3.63) is 35.9 Å². The molecule has 1 unspecified atom stereocenters. The SMILES string of the molecule is C#CCNCC(=O)NCC(O)c1ccccc1. The standard InChI is InChI=1S/C13H16N2O2/c1-2-8-14-10-13(17)15-9-12(16)11-6-4-3-5-7-11/h1,3-7,12,14,16H,8-10H2,(H,15,17). The maximum Gasteiger partial charge on any atom is 0.234 e. The predicted molar refractivity (Wildman–Crippen MR) is 66.1 cm³/mol. The fourth-order valence-electron chi connectivity index (χ4n) is 1.31. The number of carbonyl (C=O) groups excluding carboxylic acids is 1. The maximum atomic E-state index is 11.3. The molecule has 1 aromatic carbocycles. The van der Waals surface area contributed by atoms with Crippen LogP contribution in [0.2, 0.25) is 0 Å². The highest BCUT2D eigenvalue weighted by Crippen LogP contribution is 2.10. The van der Waals surface area contributed by atoms with E-state index in [4.69, 9.17) is 6.42 Å². The van der Waals surface area contributed by atoms with Crippen molar-refractivity contribution in [1.29, 1.82) is 0 Å². The van der Waals surface area contributed by atoms with Gasteiger partial charge in [0.25, 0.3) is 0 Å². The second-order valence-electron chi connectivity index (χ2n) is 3.54. The van der Waals surface area contributed by atoms with Crippen LogP contribution in [0.25, 0.3) is 0 Å². The van der Waals surface area contributed by atoms with E-state index < -0.39 is 6.10 Å². The molecular formula is C13H16N2O2. The van der Waals surface area contributed by atoms with Crippen molar-refractivity contribution >= 4 is 5.91 Å². The first-order valence-corrected chi connectivity index (χ1v) is 5.38. The number of benzene rings is 1. The quantitative estimate of drug-likeness (QED) is 0.480. The van der Waals surface area contributed by atoms with E-state index in [-0.39, 0.29) is 19.0 Å². The molecule has 4 nitrogen and oxygen atoms in total. The molecule has 0 spiro atoms. The highest BCUT2D eigenvalue weighted by Gasteiger charge is 2.08. The first-order valence-electron chi connectivity index (χ1n) is 5.38. The van der Waals surface area contributed by atoms with Crippen LogP contribution < -0.4 is 10.6 Å². The summed E-state index contributed by atoms with van der Waals surface area (Å²) in [7, 11) is 0. The molecule has 0 aromatic heterocycles. The minimum atomic E-state index is -0.687. The van der Waals surface area contributed by atoms with Crippen LogP contribution in [0.15, 0.2) is 30.3 Å². The van der Waals surface area contributed by atoms with E-state index in [0.717, 1.165) is 5.56 Å². The van der Waals surface area contributed by atoms with Gasteiger partial charge in [0.05, 0.1) is 19.2 Å². The van der Waals surface area contributed by atoms with Gasteiger partial charge in [0, 0.05) is 6.54 Å². The molecule has 0 saturated carbocycles. The second kappa shape index (κ2) is 7.44. The van der Waals surface area contributed by atoms with Crippen molar-refractivity contribution in [3.8, 4) is 12.3 Å². The zero-order valence-corrected chi connectivity index (χ0v) is 9.52. The number of aliphatic hydroxyl groups excluding tert-OH is 1. The minimum absolute atomic E-state index is 0.158.